The molecule has 0 aliphatic carbocycles. The molecule has 0 aliphatic rings. The van der Waals surface area contributed by atoms with Gasteiger partial charge in [0.25, 0.3) is 0 Å². The van der Waals surface area contributed by atoms with Crippen LogP contribution in [0.4, 0.5) is 20.2 Å². The van der Waals surface area contributed by atoms with Crippen molar-refractivity contribution in [3.63, 3.8) is 0 Å². The molecule has 0 unspecified atom stereocenters. The molecule has 6 heteroatoms. The van der Waals surface area contributed by atoms with E-state index in [1.165, 1.54) is 0 Å². The molecule has 0 saturated carbocycles. The number of halogens is 2. The molecule has 0 saturated heterocycles. The summed E-state index contributed by atoms with van der Waals surface area (Å²) >= 11 is 0.932. The molecule has 110 valence electrons. The summed E-state index contributed by atoms with van der Waals surface area (Å²) in [6.45, 7) is 1.82. The quantitative estimate of drug-likeness (QED) is 0.670. The lowest BCUT2D eigenvalue weighted by atomic mass is 10.1. The third kappa shape index (κ3) is 3.95. The first-order valence-electron chi connectivity index (χ1n) is 6.20. The van der Waals surface area contributed by atoms with E-state index in [1.807, 2.05) is 13.0 Å². The zero-order chi connectivity index (χ0) is 15.4. The zero-order valence-corrected chi connectivity index (χ0v) is 12.1. The highest BCUT2D eigenvalue weighted by molar-refractivity contribution is 8.00. The van der Waals surface area contributed by atoms with Crippen molar-refractivity contribution in [1.82, 2.24) is 0 Å². The molecular weight excluding hydrogens is 294 g/mol. The Bertz CT molecular complexity index is 656. The van der Waals surface area contributed by atoms with Crippen molar-refractivity contribution in [2.75, 3.05) is 16.8 Å². The van der Waals surface area contributed by atoms with Crippen molar-refractivity contribution in [1.29, 1.82) is 0 Å². The highest BCUT2D eigenvalue weighted by atomic mass is 32.2. The molecule has 0 radical (unpaired) electrons. The summed E-state index contributed by atoms with van der Waals surface area (Å²) in [5.41, 5.74) is 7.64. The highest BCUT2D eigenvalue weighted by Gasteiger charge is 2.10. The van der Waals surface area contributed by atoms with Crippen molar-refractivity contribution in [3.8, 4) is 0 Å². The molecule has 0 atom stereocenters. The lowest BCUT2D eigenvalue weighted by Gasteiger charge is -2.11. The summed E-state index contributed by atoms with van der Waals surface area (Å²) in [7, 11) is 0. The second-order valence-corrected chi connectivity index (χ2v) is 5.47. The highest BCUT2D eigenvalue weighted by Crippen LogP contribution is 2.25. The fraction of sp³-hybridized carbons (Fsp3) is 0.133. The first-order valence-corrected chi connectivity index (χ1v) is 7.18. The van der Waals surface area contributed by atoms with Crippen molar-refractivity contribution in [3.05, 3.63) is 53.6 Å². The van der Waals surface area contributed by atoms with E-state index in [0.29, 0.717) is 11.4 Å². The predicted octanol–water partition coefficient (Wildman–Crippen LogP) is 3.59. The maximum atomic E-state index is 13.4. The van der Waals surface area contributed by atoms with Gasteiger partial charge < -0.3 is 11.1 Å². The van der Waals surface area contributed by atoms with Crippen LogP contribution >= 0.6 is 11.8 Å². The Kier molecular flexibility index (Phi) is 4.80. The van der Waals surface area contributed by atoms with Crippen molar-refractivity contribution in [2.45, 2.75) is 11.8 Å². The van der Waals surface area contributed by atoms with Gasteiger partial charge in [0, 0.05) is 4.90 Å². The molecule has 0 spiro atoms. The topological polar surface area (TPSA) is 55.1 Å². The van der Waals surface area contributed by atoms with E-state index in [0.717, 1.165) is 35.5 Å². The van der Waals surface area contributed by atoms with E-state index in [9.17, 15) is 13.6 Å². The molecule has 0 heterocycles. The summed E-state index contributed by atoms with van der Waals surface area (Å²) in [5, 5.41) is 2.68. The van der Waals surface area contributed by atoms with E-state index in [1.54, 1.807) is 12.1 Å². The normalized spacial score (nSPS) is 10.4. The summed E-state index contributed by atoms with van der Waals surface area (Å²) < 4.78 is 26.5. The van der Waals surface area contributed by atoms with Crippen molar-refractivity contribution in [2.24, 2.45) is 0 Å². The number of aryl methyl sites for hydroxylation is 1. The number of benzene rings is 2. The largest absolute Gasteiger partial charge is 0.397 e. The predicted molar refractivity (Wildman–Crippen MR) is 81.3 cm³/mol. The minimum atomic E-state index is -0.551. The molecular formula is C15H14F2N2OS. The number of nitrogens with two attached hydrogens (primary N) is 1. The fourth-order valence-electron chi connectivity index (χ4n) is 1.77. The van der Waals surface area contributed by atoms with Crippen LogP contribution < -0.4 is 11.1 Å². The monoisotopic (exact) mass is 308 g/mol. The number of hydrogen-bond donors (Lipinski definition) is 2. The lowest BCUT2D eigenvalue weighted by Crippen LogP contribution is -2.16. The van der Waals surface area contributed by atoms with E-state index in [-0.39, 0.29) is 16.6 Å². The zero-order valence-electron chi connectivity index (χ0n) is 11.3. The van der Waals surface area contributed by atoms with Crippen LogP contribution in [0.3, 0.4) is 0 Å². The Labute approximate surface area is 125 Å². The third-order valence-electron chi connectivity index (χ3n) is 2.82. The summed E-state index contributed by atoms with van der Waals surface area (Å²) in [6, 6.07) is 8.43. The van der Waals surface area contributed by atoms with Crippen LogP contribution in [0, 0.1) is 18.6 Å². The molecule has 2 aromatic carbocycles. The number of amides is 1. The fourth-order valence-corrected chi connectivity index (χ4v) is 2.53. The van der Waals surface area contributed by atoms with Crippen LogP contribution in [0.2, 0.25) is 0 Å². The van der Waals surface area contributed by atoms with Crippen molar-refractivity contribution >= 4 is 29.0 Å². The Balaban J connectivity index is 2.01. The number of nitrogen functional groups attached to an aromatic ring is 1. The number of para-hydroxylation sites is 1. The Morgan fingerprint density at radius 2 is 2.05 bits per heavy atom. The SMILES string of the molecule is Cc1cccc(N)c1NC(=O)CSc1cc(F)ccc1F. The van der Waals surface area contributed by atoms with E-state index in [2.05, 4.69) is 5.32 Å². The molecule has 0 bridgehead atoms. The number of carbonyl (C=O) groups excluding carboxylic acids is 1. The maximum Gasteiger partial charge on any atom is 0.234 e. The van der Waals surface area contributed by atoms with E-state index >= 15 is 0 Å². The molecule has 2 rings (SSSR count). The van der Waals surface area contributed by atoms with Crippen LogP contribution in [0.1, 0.15) is 5.56 Å². The molecule has 0 aromatic heterocycles. The summed E-state index contributed by atoms with van der Waals surface area (Å²) in [5.74, 6) is -1.45. The second kappa shape index (κ2) is 6.58. The number of rotatable bonds is 4. The molecule has 3 nitrogen and oxygen atoms in total. The first kappa shape index (κ1) is 15.3. The van der Waals surface area contributed by atoms with Crippen LogP contribution in [0.5, 0.6) is 0 Å². The summed E-state index contributed by atoms with van der Waals surface area (Å²) in [6.07, 6.45) is 0. The number of anilines is 2. The molecule has 21 heavy (non-hydrogen) atoms. The van der Waals surface area contributed by atoms with Gasteiger partial charge in [-0.25, -0.2) is 8.78 Å². The molecule has 1 amide bonds. The summed E-state index contributed by atoms with van der Waals surface area (Å²) in [4.78, 5) is 12.0. The van der Waals surface area contributed by atoms with Gasteiger partial charge in [-0.15, -0.1) is 11.8 Å². The molecule has 2 aromatic rings. The van der Waals surface area contributed by atoms with Gasteiger partial charge in [0.2, 0.25) is 5.91 Å². The van der Waals surface area contributed by atoms with Crippen LogP contribution in [0.25, 0.3) is 0 Å². The number of hydrogen-bond acceptors (Lipinski definition) is 3. The van der Waals surface area contributed by atoms with Gasteiger partial charge in [-0.1, -0.05) is 12.1 Å². The molecule has 3 N–H and O–H groups in total. The lowest BCUT2D eigenvalue weighted by molar-refractivity contribution is -0.113. The minimum Gasteiger partial charge on any atom is -0.397 e. The van der Waals surface area contributed by atoms with Crippen LogP contribution in [0.15, 0.2) is 41.3 Å². The van der Waals surface area contributed by atoms with Gasteiger partial charge >= 0.3 is 0 Å². The second-order valence-electron chi connectivity index (χ2n) is 4.45. The number of carbonyl (C=O) groups is 1. The molecule has 0 fully saturated rings. The first-order chi connectivity index (χ1) is 9.97. The Hall–Kier alpha value is -2.08. The van der Waals surface area contributed by atoms with Gasteiger partial charge in [-0.05, 0) is 36.8 Å². The Morgan fingerprint density at radius 3 is 2.76 bits per heavy atom. The molecule has 0 aliphatic heterocycles. The van der Waals surface area contributed by atoms with Crippen LogP contribution in [-0.2, 0) is 4.79 Å². The van der Waals surface area contributed by atoms with Gasteiger partial charge in [0.1, 0.15) is 11.6 Å². The number of nitrogens with one attached hydrogen (secondary N) is 1. The smallest absolute Gasteiger partial charge is 0.234 e. The van der Waals surface area contributed by atoms with E-state index in [4.69, 9.17) is 5.73 Å². The van der Waals surface area contributed by atoms with Gasteiger partial charge in [-0.3, -0.25) is 4.79 Å². The van der Waals surface area contributed by atoms with Gasteiger partial charge in [0.05, 0.1) is 17.1 Å². The van der Waals surface area contributed by atoms with E-state index < -0.39 is 11.6 Å². The third-order valence-corrected chi connectivity index (χ3v) is 3.85. The van der Waals surface area contributed by atoms with Crippen molar-refractivity contribution < 1.29 is 13.6 Å². The van der Waals surface area contributed by atoms with Gasteiger partial charge in [0.15, 0.2) is 0 Å². The minimum absolute atomic E-state index is 0.0336. The standard InChI is InChI=1S/C15H14F2N2OS/c1-9-3-2-4-12(18)15(9)19-14(20)8-21-13-7-10(16)5-6-11(13)17/h2-7H,8,18H2,1H3,(H,19,20). The Morgan fingerprint density at radius 1 is 1.29 bits per heavy atom. The average Bonchev–Trinajstić information content (AvgIpc) is 2.44. The maximum absolute atomic E-state index is 13.4. The van der Waals surface area contributed by atoms with Crippen LogP contribution in [-0.4, -0.2) is 11.7 Å². The van der Waals surface area contributed by atoms with Gasteiger partial charge in [-0.2, -0.15) is 0 Å². The average molecular weight is 308 g/mol. The number of thioether (sulfide) groups is 1.